The van der Waals surface area contributed by atoms with Crippen LogP contribution >= 0.6 is 25.3 Å². The first-order valence-electron chi connectivity index (χ1n) is 20.2. The van der Waals surface area contributed by atoms with Crippen LogP contribution < -0.4 is 71.2 Å². The maximum absolute atomic E-state index is 13.4. The molecule has 0 aromatic heterocycles. The number of aliphatic imine (C=N–C) groups is 1. The molecule has 0 aliphatic carbocycles. The summed E-state index contributed by atoms with van der Waals surface area (Å²) in [5.74, 6) is -10.7. The number of aliphatic hydroxyl groups excluding tert-OH is 1. The van der Waals surface area contributed by atoms with Gasteiger partial charge in [-0.05, 0) is 58.4 Å². The zero-order valence-electron chi connectivity index (χ0n) is 36.3. The first-order valence-corrected chi connectivity index (χ1v) is 21.5. The smallest absolute Gasteiger partial charge is 0.327 e. The fraction of sp³-hybridized carbons (Fsp3) is 0.694. The number of hydrogen-bond acceptors (Lipinski definition) is 16. The number of carbonyl (C=O) groups is 10. The lowest BCUT2D eigenvalue weighted by atomic mass is 10.0. The van der Waals surface area contributed by atoms with Crippen LogP contribution in [0.5, 0.6) is 0 Å². The molecule has 0 heterocycles. The number of nitrogens with one attached hydrogen (secondary N) is 8. The molecule has 0 spiro atoms. The zero-order valence-corrected chi connectivity index (χ0v) is 38.0. The van der Waals surface area contributed by atoms with Gasteiger partial charge in [0.1, 0.15) is 48.3 Å². The third kappa shape index (κ3) is 22.3. The molecule has 9 amide bonds. The van der Waals surface area contributed by atoms with Gasteiger partial charge in [0.25, 0.3) is 0 Å². The number of hydrogen-bond donors (Lipinski definition) is 17. The molecule has 0 bridgehead atoms. The fourth-order valence-electron chi connectivity index (χ4n) is 5.36. The molecule has 0 unspecified atom stereocenters. The van der Waals surface area contributed by atoms with E-state index in [2.05, 4.69) is 72.8 Å². The Morgan fingerprint density at radius 2 is 1.02 bits per heavy atom. The van der Waals surface area contributed by atoms with Crippen molar-refractivity contribution in [3.63, 3.8) is 0 Å². The molecular weight excluding hydrogens is 885 g/mol. The molecule has 0 radical (unpaired) electrons. The maximum Gasteiger partial charge on any atom is 0.327 e. The largest absolute Gasteiger partial charge is 0.480 e. The van der Waals surface area contributed by atoms with Crippen molar-refractivity contribution >= 4 is 90.4 Å². The second kappa shape index (κ2) is 30.6. The van der Waals surface area contributed by atoms with Gasteiger partial charge in [0.05, 0.1) is 19.1 Å². The number of rotatable bonds is 31. The Morgan fingerprint density at radius 3 is 1.48 bits per heavy atom. The van der Waals surface area contributed by atoms with Crippen LogP contribution in [0.2, 0.25) is 0 Å². The second-order valence-corrected chi connectivity index (χ2v) is 15.6. The van der Waals surface area contributed by atoms with Gasteiger partial charge in [-0.1, -0.05) is 13.8 Å². The predicted molar refractivity (Wildman–Crippen MR) is 239 cm³/mol. The van der Waals surface area contributed by atoms with Gasteiger partial charge in [-0.2, -0.15) is 25.3 Å². The highest BCUT2D eigenvalue weighted by Crippen LogP contribution is 2.07. The normalized spacial score (nSPS) is 15.2. The average molecular weight is 951 g/mol. The van der Waals surface area contributed by atoms with Gasteiger partial charge < -0.3 is 81.4 Å². The third-order valence-corrected chi connectivity index (χ3v) is 9.85. The number of guanidine groups is 1. The summed E-state index contributed by atoms with van der Waals surface area (Å²) in [6.07, 6.45) is 0.249. The highest BCUT2D eigenvalue weighted by molar-refractivity contribution is 7.80. The molecule has 64 heavy (non-hydrogen) atoms. The van der Waals surface area contributed by atoms with Crippen LogP contribution in [0.25, 0.3) is 0 Å². The van der Waals surface area contributed by atoms with E-state index in [9.17, 15) is 58.2 Å². The lowest BCUT2D eigenvalue weighted by molar-refractivity contribution is -0.141. The minimum atomic E-state index is -1.62. The molecule has 0 saturated carbocycles. The van der Waals surface area contributed by atoms with E-state index in [0.717, 1.165) is 0 Å². The monoisotopic (exact) mass is 950 g/mol. The van der Waals surface area contributed by atoms with Crippen molar-refractivity contribution in [2.24, 2.45) is 39.6 Å². The van der Waals surface area contributed by atoms with E-state index in [0.29, 0.717) is 12.8 Å². The molecule has 0 aliphatic heterocycles. The van der Waals surface area contributed by atoms with Crippen LogP contribution in [0.1, 0.15) is 66.2 Å². The molecule has 0 rings (SSSR count). The van der Waals surface area contributed by atoms with Gasteiger partial charge in [0.15, 0.2) is 5.96 Å². The molecule has 20 N–H and O–H groups in total. The van der Waals surface area contributed by atoms with Gasteiger partial charge >= 0.3 is 5.97 Å². The van der Waals surface area contributed by atoms with Crippen molar-refractivity contribution < 1.29 is 58.2 Å². The van der Waals surface area contributed by atoms with Crippen LogP contribution in [-0.4, -0.2) is 161 Å². The zero-order chi connectivity index (χ0) is 49.3. The number of carbonyl (C=O) groups excluding carboxylic acids is 9. The Kier molecular flexibility index (Phi) is 28.0. The number of carboxylic acids is 1. The van der Waals surface area contributed by atoms with Crippen molar-refractivity contribution in [3.8, 4) is 0 Å². The van der Waals surface area contributed by atoms with Crippen LogP contribution in [0.15, 0.2) is 4.99 Å². The van der Waals surface area contributed by atoms with Gasteiger partial charge in [0.2, 0.25) is 53.2 Å². The highest BCUT2D eigenvalue weighted by atomic mass is 32.1. The number of unbranched alkanes of at least 4 members (excludes halogenated alkanes) is 1. The molecule has 0 aromatic rings. The number of aliphatic carboxylic acids is 1. The SMILES string of the molecule is CC(C)[C@H](NC(=O)[C@H](C)NC(=O)[C@H](CO)NC(=O)[C@H](CCCN=C(N)N)NC(=O)[C@@H](N)CS)C(=O)N[C@@H](C)C(=O)N[C@@H](CCCCN)C(=O)N[C@@H](CC(N)=O)C(=O)N[C@@H](CS)C(=O)O. The van der Waals surface area contributed by atoms with Crippen molar-refractivity contribution in [2.45, 2.75) is 121 Å². The first-order chi connectivity index (χ1) is 29.9. The van der Waals surface area contributed by atoms with E-state index in [1.165, 1.54) is 13.8 Å². The summed E-state index contributed by atoms with van der Waals surface area (Å²) in [5, 5.41) is 38.2. The lowest BCUT2D eigenvalue weighted by Gasteiger charge is -2.27. The quantitative estimate of drug-likeness (QED) is 0.0133. The lowest BCUT2D eigenvalue weighted by Crippen LogP contribution is -2.60. The molecule has 26 nitrogen and oxygen atoms in total. The van der Waals surface area contributed by atoms with Gasteiger partial charge in [-0.25, -0.2) is 4.79 Å². The molecule has 9 atom stereocenters. The van der Waals surface area contributed by atoms with E-state index in [1.807, 2.05) is 0 Å². The van der Waals surface area contributed by atoms with Crippen LogP contribution in [0.3, 0.4) is 0 Å². The average Bonchev–Trinajstić information content (AvgIpc) is 3.22. The van der Waals surface area contributed by atoms with E-state index >= 15 is 0 Å². The summed E-state index contributed by atoms with van der Waals surface area (Å²) in [6.45, 7) is 5.13. The molecule has 364 valence electrons. The van der Waals surface area contributed by atoms with Crippen molar-refractivity contribution in [3.05, 3.63) is 0 Å². The van der Waals surface area contributed by atoms with E-state index in [-0.39, 0.29) is 49.8 Å². The number of nitrogens with zero attached hydrogens (tertiary/aromatic N) is 1. The Hall–Kier alpha value is -5.45. The Balaban J connectivity index is 5.85. The standard InChI is InChI=1S/C36H66N14O12S2/c1-16(2)26(50-28(54)18(4)43-33(59)23(13-51)48-31(57)21(9-7-11-42-36(40)41)46-29(55)19(38)14-63)34(60)44-17(3)27(53)45-20(8-5-6-10-37)30(56)47-22(12-25(39)52)32(58)49-24(15-64)35(61)62/h16-24,26,51,63-64H,5-15,37-38H2,1-4H3,(H2,39,52)(H,43,59)(H,44,60)(H,45,53)(H,46,55)(H,47,56)(H,48,57)(H,49,58)(H,50,54)(H,61,62)(H4,40,41,42)/t17-,18-,19-,20-,21-,22-,23-,24-,26-/m0/s1. The van der Waals surface area contributed by atoms with Gasteiger partial charge in [0, 0.05) is 18.1 Å². The highest BCUT2D eigenvalue weighted by Gasteiger charge is 2.34. The van der Waals surface area contributed by atoms with E-state index < -0.39 is 132 Å². The summed E-state index contributed by atoms with van der Waals surface area (Å²) in [7, 11) is 0. The summed E-state index contributed by atoms with van der Waals surface area (Å²) in [4.78, 5) is 132. The third-order valence-electron chi connectivity index (χ3n) is 9.09. The second-order valence-electron chi connectivity index (χ2n) is 14.9. The predicted octanol–water partition coefficient (Wildman–Crippen LogP) is -7.12. The number of thiol groups is 2. The Morgan fingerprint density at radius 1 is 0.562 bits per heavy atom. The maximum atomic E-state index is 13.4. The topological polar surface area (TPSA) is 450 Å². The summed E-state index contributed by atoms with van der Waals surface area (Å²) >= 11 is 7.84. The molecule has 0 aromatic carbocycles. The molecule has 0 saturated heterocycles. The Bertz CT molecular complexity index is 1660. The molecule has 28 heteroatoms. The van der Waals surface area contributed by atoms with E-state index in [1.54, 1.807) is 13.8 Å². The van der Waals surface area contributed by atoms with Crippen molar-refractivity contribution in [1.29, 1.82) is 0 Å². The van der Waals surface area contributed by atoms with Crippen molar-refractivity contribution in [2.75, 3.05) is 31.2 Å². The molecular formula is C36H66N14O12S2. The first kappa shape index (κ1) is 58.6. The van der Waals surface area contributed by atoms with Crippen LogP contribution in [-0.2, 0) is 47.9 Å². The van der Waals surface area contributed by atoms with Gasteiger partial charge in [-0.3, -0.25) is 48.1 Å². The summed E-state index contributed by atoms with van der Waals surface area (Å²) in [5.41, 5.74) is 27.2. The number of aliphatic hydroxyl groups is 1. The van der Waals surface area contributed by atoms with Crippen LogP contribution in [0.4, 0.5) is 0 Å². The number of primary amides is 1. The number of amides is 9. The van der Waals surface area contributed by atoms with Gasteiger partial charge in [-0.15, -0.1) is 0 Å². The van der Waals surface area contributed by atoms with E-state index in [4.69, 9.17) is 28.7 Å². The number of nitrogens with two attached hydrogens (primary N) is 5. The Labute approximate surface area is 381 Å². The molecule has 0 aliphatic rings. The summed E-state index contributed by atoms with van der Waals surface area (Å²) < 4.78 is 0. The number of carboxylic acid groups (broad SMARTS) is 1. The minimum absolute atomic E-state index is 0.00386. The fourth-order valence-corrected chi connectivity index (χ4v) is 5.77. The van der Waals surface area contributed by atoms with Crippen molar-refractivity contribution in [1.82, 2.24) is 42.5 Å². The summed E-state index contributed by atoms with van der Waals surface area (Å²) in [6, 6.07) is -12.3. The molecule has 0 fully saturated rings. The minimum Gasteiger partial charge on any atom is -0.480 e. The van der Waals surface area contributed by atoms with Crippen LogP contribution in [0, 0.1) is 5.92 Å².